The van der Waals surface area contributed by atoms with Gasteiger partial charge in [0.1, 0.15) is 0 Å². The number of nitrogens with zero attached hydrogens (tertiary/aromatic N) is 1. The van der Waals surface area contributed by atoms with E-state index in [9.17, 15) is 4.79 Å². The number of allylic oxidation sites excluding steroid dienone is 1. The standard InChI is InChI=1S/C23H22NO2P/c1-19(18-23(25)26-2)24-27(20-12-6-3-7-13-20,21-14-8-4-9-15-21)22-16-10-5-11-17-22/h3-18H,1-2H3/b19-18+. The fourth-order valence-corrected chi connectivity index (χ4v) is 6.63. The van der Waals surface area contributed by atoms with E-state index < -0.39 is 13.0 Å². The molecule has 3 rings (SSSR count). The van der Waals surface area contributed by atoms with E-state index in [1.165, 1.54) is 13.2 Å². The second-order valence-electron chi connectivity index (χ2n) is 6.05. The quantitative estimate of drug-likeness (QED) is 0.380. The van der Waals surface area contributed by atoms with Crippen LogP contribution in [0.4, 0.5) is 0 Å². The van der Waals surface area contributed by atoms with Crippen LogP contribution in [0.2, 0.25) is 0 Å². The van der Waals surface area contributed by atoms with Crippen molar-refractivity contribution in [2.45, 2.75) is 6.92 Å². The van der Waals surface area contributed by atoms with Crippen molar-refractivity contribution < 1.29 is 9.53 Å². The van der Waals surface area contributed by atoms with Crippen LogP contribution in [0.1, 0.15) is 6.92 Å². The minimum absolute atomic E-state index is 0.400. The Morgan fingerprint density at radius 3 is 1.48 bits per heavy atom. The number of benzene rings is 3. The van der Waals surface area contributed by atoms with Crippen molar-refractivity contribution >= 4 is 28.9 Å². The molecule has 4 heteroatoms. The third-order valence-corrected chi connectivity index (χ3v) is 7.98. The van der Waals surface area contributed by atoms with Gasteiger partial charge in [0, 0.05) is 27.7 Å². The van der Waals surface area contributed by atoms with Gasteiger partial charge in [-0.15, -0.1) is 0 Å². The highest BCUT2D eigenvalue weighted by atomic mass is 31.2. The first-order chi connectivity index (χ1) is 13.2. The molecule has 0 aliphatic heterocycles. The topological polar surface area (TPSA) is 38.7 Å². The predicted molar refractivity (Wildman–Crippen MR) is 113 cm³/mol. The fraction of sp³-hybridized carbons (Fsp3) is 0.0870. The van der Waals surface area contributed by atoms with Gasteiger partial charge in [0.05, 0.1) is 14.2 Å². The molecule has 0 unspecified atom stereocenters. The van der Waals surface area contributed by atoms with Crippen molar-refractivity contribution in [3.8, 4) is 0 Å². The Hall–Kier alpha value is -2.90. The summed E-state index contributed by atoms with van der Waals surface area (Å²) in [5.41, 5.74) is 0.645. The Kier molecular flexibility index (Phi) is 6.05. The first kappa shape index (κ1) is 18.9. The third-order valence-electron chi connectivity index (χ3n) is 4.23. The number of rotatable bonds is 5. The van der Waals surface area contributed by atoms with Crippen LogP contribution in [0.15, 0.2) is 108 Å². The molecule has 0 heterocycles. The zero-order valence-electron chi connectivity index (χ0n) is 15.4. The maximum Gasteiger partial charge on any atom is 0.332 e. The second-order valence-corrected chi connectivity index (χ2v) is 9.07. The molecule has 0 atom stereocenters. The minimum Gasteiger partial charge on any atom is -0.466 e. The largest absolute Gasteiger partial charge is 0.466 e. The molecule has 0 saturated carbocycles. The van der Waals surface area contributed by atoms with E-state index in [1.54, 1.807) is 0 Å². The van der Waals surface area contributed by atoms with Gasteiger partial charge in [-0.1, -0.05) is 91.0 Å². The molecule has 27 heavy (non-hydrogen) atoms. The summed E-state index contributed by atoms with van der Waals surface area (Å²) in [5, 5.41) is 3.42. The van der Waals surface area contributed by atoms with E-state index in [-0.39, 0.29) is 0 Å². The molecular weight excluding hydrogens is 353 g/mol. The van der Waals surface area contributed by atoms with Crippen LogP contribution in [-0.2, 0) is 9.53 Å². The molecule has 0 amide bonds. The molecule has 3 aromatic rings. The van der Waals surface area contributed by atoms with E-state index in [4.69, 9.17) is 9.48 Å². The predicted octanol–water partition coefficient (Wildman–Crippen LogP) is 4.24. The van der Waals surface area contributed by atoms with Crippen molar-refractivity contribution in [1.29, 1.82) is 0 Å². The van der Waals surface area contributed by atoms with Crippen molar-refractivity contribution in [2.75, 3.05) is 7.11 Å². The lowest BCUT2D eigenvalue weighted by Gasteiger charge is -2.27. The molecule has 0 aliphatic carbocycles. The Labute approximate surface area is 160 Å². The molecule has 0 saturated heterocycles. The highest BCUT2D eigenvalue weighted by Crippen LogP contribution is 2.47. The normalized spacial score (nSPS) is 11.7. The van der Waals surface area contributed by atoms with Crippen LogP contribution in [0.25, 0.3) is 0 Å². The van der Waals surface area contributed by atoms with Crippen molar-refractivity contribution in [2.24, 2.45) is 4.74 Å². The first-order valence-corrected chi connectivity index (χ1v) is 10.5. The van der Waals surface area contributed by atoms with Gasteiger partial charge < -0.3 is 4.74 Å². The van der Waals surface area contributed by atoms with E-state index >= 15 is 0 Å². The van der Waals surface area contributed by atoms with E-state index in [1.807, 2.05) is 61.5 Å². The van der Waals surface area contributed by atoms with Crippen LogP contribution in [0, 0.1) is 0 Å². The van der Waals surface area contributed by atoms with Gasteiger partial charge in [-0.05, 0) is 6.92 Å². The van der Waals surface area contributed by atoms with E-state index in [2.05, 4.69) is 36.4 Å². The summed E-state index contributed by atoms with van der Waals surface area (Å²) in [6.07, 6.45) is 1.45. The monoisotopic (exact) mass is 375 g/mol. The lowest BCUT2D eigenvalue weighted by molar-refractivity contribution is -0.134. The zero-order valence-corrected chi connectivity index (χ0v) is 16.3. The Bertz CT molecular complexity index is 877. The molecule has 0 fully saturated rings. The molecule has 136 valence electrons. The smallest absolute Gasteiger partial charge is 0.332 e. The lowest BCUT2D eigenvalue weighted by atomic mass is 10.4. The number of ether oxygens (including phenoxy) is 1. The summed E-state index contributed by atoms with van der Waals surface area (Å²) in [5.74, 6) is -0.400. The average molecular weight is 375 g/mol. The molecule has 0 aliphatic rings. The molecule has 0 N–H and O–H groups in total. The van der Waals surface area contributed by atoms with Crippen LogP contribution in [-0.4, -0.2) is 13.1 Å². The van der Waals surface area contributed by atoms with E-state index in [0.717, 1.165) is 15.9 Å². The summed E-state index contributed by atoms with van der Waals surface area (Å²) in [6.45, 7) is 1.85. The summed E-state index contributed by atoms with van der Waals surface area (Å²) in [7, 11) is -0.952. The van der Waals surface area contributed by atoms with Crippen LogP contribution < -0.4 is 15.9 Å². The maximum absolute atomic E-state index is 11.8. The van der Waals surface area contributed by atoms with Gasteiger partial charge in [0.25, 0.3) is 0 Å². The first-order valence-electron chi connectivity index (χ1n) is 8.72. The molecule has 3 nitrogen and oxygen atoms in total. The number of hydrogen-bond acceptors (Lipinski definition) is 3. The van der Waals surface area contributed by atoms with Crippen molar-refractivity contribution in [1.82, 2.24) is 0 Å². The van der Waals surface area contributed by atoms with Gasteiger partial charge in [0.15, 0.2) is 0 Å². The second kappa shape index (κ2) is 8.66. The number of hydrogen-bond donors (Lipinski definition) is 0. The highest BCUT2D eigenvalue weighted by Gasteiger charge is 2.27. The highest BCUT2D eigenvalue weighted by molar-refractivity contribution is 7.87. The van der Waals surface area contributed by atoms with Crippen molar-refractivity contribution in [3.05, 3.63) is 103 Å². The fourth-order valence-electron chi connectivity index (χ4n) is 3.05. The number of methoxy groups -OCH3 is 1. The van der Waals surface area contributed by atoms with Gasteiger partial charge in [0.2, 0.25) is 0 Å². The Morgan fingerprint density at radius 2 is 1.15 bits per heavy atom. The summed E-state index contributed by atoms with van der Waals surface area (Å²) < 4.78 is 9.97. The Balaban J connectivity index is 2.40. The molecule has 0 bridgehead atoms. The van der Waals surface area contributed by atoms with Crippen molar-refractivity contribution in [3.63, 3.8) is 0 Å². The van der Waals surface area contributed by atoms with Gasteiger partial charge in [-0.3, -0.25) is 4.74 Å². The van der Waals surface area contributed by atoms with Gasteiger partial charge in [-0.25, -0.2) is 4.79 Å². The van der Waals surface area contributed by atoms with Crippen LogP contribution in [0.3, 0.4) is 0 Å². The number of carbonyl (C=O) groups excluding carboxylic acids is 1. The lowest BCUT2D eigenvalue weighted by Crippen LogP contribution is -2.25. The molecular formula is C23H22NO2P. The molecule has 0 radical (unpaired) electrons. The number of carbonyl (C=O) groups is 1. The van der Waals surface area contributed by atoms with E-state index in [0.29, 0.717) is 5.70 Å². The average Bonchev–Trinajstić information content (AvgIpc) is 2.74. The summed E-state index contributed by atoms with van der Waals surface area (Å²) >= 11 is 0. The van der Waals surface area contributed by atoms with Gasteiger partial charge in [-0.2, -0.15) is 0 Å². The summed E-state index contributed by atoms with van der Waals surface area (Å²) in [4.78, 5) is 11.8. The number of esters is 1. The maximum atomic E-state index is 11.8. The van der Waals surface area contributed by atoms with Gasteiger partial charge >= 0.3 is 5.97 Å². The minimum atomic E-state index is -2.33. The Morgan fingerprint density at radius 1 is 0.778 bits per heavy atom. The molecule has 3 aromatic carbocycles. The third kappa shape index (κ3) is 4.10. The van der Waals surface area contributed by atoms with Crippen LogP contribution in [0.5, 0.6) is 0 Å². The summed E-state index contributed by atoms with van der Waals surface area (Å²) in [6, 6.07) is 30.9. The SMILES string of the molecule is COC(=O)/C=C(\C)N=P(c1ccccc1)(c1ccccc1)c1ccccc1. The molecule has 0 aromatic heterocycles. The molecule has 0 spiro atoms. The zero-order chi connectivity index (χ0) is 19.1. The van der Waals surface area contributed by atoms with Crippen LogP contribution >= 0.6 is 7.05 Å².